The number of benzene rings is 1. The summed E-state index contributed by atoms with van der Waals surface area (Å²) < 4.78 is 5.27. The highest BCUT2D eigenvalue weighted by atomic mass is 79.9. The number of halogens is 1. The van der Waals surface area contributed by atoms with Gasteiger partial charge in [-0.05, 0) is 86.4 Å². The first-order valence-electron chi connectivity index (χ1n) is 9.56. The van der Waals surface area contributed by atoms with Gasteiger partial charge in [0, 0.05) is 15.4 Å². The average molecular weight is 439 g/mol. The third-order valence-electron chi connectivity index (χ3n) is 5.89. The molecule has 0 bridgehead atoms. The van der Waals surface area contributed by atoms with Crippen molar-refractivity contribution >= 4 is 31.8 Å². The van der Waals surface area contributed by atoms with Gasteiger partial charge in [0.05, 0.1) is 0 Å². The first-order valence-corrected chi connectivity index (χ1v) is 12.9. The summed E-state index contributed by atoms with van der Waals surface area (Å²) in [6.07, 6.45) is 4.87. The lowest BCUT2D eigenvalue weighted by molar-refractivity contribution is 0.838. The number of rotatable bonds is 5. The van der Waals surface area contributed by atoms with Crippen LogP contribution < -0.4 is 4.72 Å². The zero-order chi connectivity index (χ0) is 20.0. The van der Waals surface area contributed by atoms with Crippen molar-refractivity contribution in [1.82, 2.24) is 0 Å². The highest BCUT2D eigenvalue weighted by Gasteiger charge is 2.34. The summed E-state index contributed by atoms with van der Waals surface area (Å²) in [5.41, 5.74) is 10.2. The molecule has 26 heavy (non-hydrogen) atoms. The van der Waals surface area contributed by atoms with Gasteiger partial charge in [-0.3, -0.25) is 0 Å². The van der Waals surface area contributed by atoms with Gasteiger partial charge in [0.25, 0.3) is 0 Å². The molecule has 0 spiro atoms. The molecule has 0 atom stereocenters. The first-order chi connectivity index (χ1) is 11.9. The summed E-state index contributed by atoms with van der Waals surface area (Å²) in [5, 5.41) is 0.520. The van der Waals surface area contributed by atoms with E-state index < -0.39 is 10.2 Å². The molecule has 0 aliphatic heterocycles. The van der Waals surface area contributed by atoms with E-state index in [1.54, 1.807) is 11.1 Å². The quantitative estimate of drug-likeness (QED) is 0.489. The molecule has 0 heterocycles. The molecule has 146 valence electrons. The van der Waals surface area contributed by atoms with Crippen LogP contribution >= 0.6 is 26.1 Å². The normalized spacial score (nSPS) is 17.1. The smallest absolute Gasteiger partial charge is 0.0497 e. The minimum Gasteiger partial charge on any atom is -0.347 e. The van der Waals surface area contributed by atoms with Crippen molar-refractivity contribution in [2.75, 3.05) is 17.2 Å². The van der Waals surface area contributed by atoms with Gasteiger partial charge in [-0.2, -0.15) is 10.2 Å². The zero-order valence-corrected chi connectivity index (χ0v) is 20.6. The number of hydrogen-bond acceptors (Lipinski definition) is 1. The highest BCUT2D eigenvalue weighted by molar-refractivity contribution is 9.10. The molecule has 1 aromatic carbocycles. The monoisotopic (exact) mass is 437 g/mol. The SMILES string of the molecule is CC1=C(C)C(S(C)(C)Nc2c(C(C)C)cc(Br)cc2C(C)C)C(C)=C1C. The molecule has 0 saturated heterocycles. The van der Waals surface area contributed by atoms with Crippen LogP contribution in [0.15, 0.2) is 38.9 Å². The fraction of sp³-hybridized carbons (Fsp3) is 0.565. The Hall–Kier alpha value is -0.670. The summed E-state index contributed by atoms with van der Waals surface area (Å²) in [6, 6.07) is 4.59. The second-order valence-corrected chi connectivity index (χ2v) is 13.2. The number of anilines is 1. The Balaban J connectivity index is 2.57. The van der Waals surface area contributed by atoms with E-state index in [1.807, 2.05) is 0 Å². The van der Waals surface area contributed by atoms with Crippen molar-refractivity contribution in [3.63, 3.8) is 0 Å². The fourth-order valence-electron chi connectivity index (χ4n) is 4.19. The second-order valence-electron chi connectivity index (χ2n) is 8.77. The Morgan fingerprint density at radius 3 is 1.58 bits per heavy atom. The van der Waals surface area contributed by atoms with E-state index in [2.05, 4.69) is 101 Å². The Morgan fingerprint density at radius 1 is 0.846 bits per heavy atom. The molecule has 0 fully saturated rings. The summed E-state index contributed by atoms with van der Waals surface area (Å²) in [6.45, 7) is 18.4. The van der Waals surface area contributed by atoms with E-state index in [4.69, 9.17) is 0 Å². The highest BCUT2D eigenvalue weighted by Crippen LogP contribution is 2.56. The van der Waals surface area contributed by atoms with Crippen LogP contribution in [0.4, 0.5) is 5.69 Å². The van der Waals surface area contributed by atoms with Gasteiger partial charge in [-0.15, -0.1) is 0 Å². The van der Waals surface area contributed by atoms with E-state index in [0.29, 0.717) is 17.1 Å². The zero-order valence-electron chi connectivity index (χ0n) is 18.2. The Morgan fingerprint density at radius 2 is 1.23 bits per heavy atom. The van der Waals surface area contributed by atoms with Gasteiger partial charge in [0.2, 0.25) is 0 Å². The van der Waals surface area contributed by atoms with Crippen molar-refractivity contribution in [1.29, 1.82) is 0 Å². The Bertz CT molecular complexity index is 715. The molecule has 1 aromatic rings. The van der Waals surface area contributed by atoms with Gasteiger partial charge in [0.1, 0.15) is 0 Å². The minimum atomic E-state index is -1.08. The third-order valence-corrected chi connectivity index (χ3v) is 8.97. The molecule has 0 saturated carbocycles. The molecule has 3 heteroatoms. The van der Waals surface area contributed by atoms with Crippen molar-refractivity contribution in [2.45, 2.75) is 72.5 Å². The predicted octanol–water partition coefficient (Wildman–Crippen LogP) is 8.14. The maximum atomic E-state index is 4.08. The molecule has 1 aliphatic carbocycles. The van der Waals surface area contributed by atoms with Crippen molar-refractivity contribution in [2.24, 2.45) is 0 Å². The van der Waals surface area contributed by atoms with E-state index in [0.717, 1.165) is 0 Å². The number of hydrogen-bond donors (Lipinski definition) is 1. The maximum Gasteiger partial charge on any atom is 0.0497 e. The third kappa shape index (κ3) is 3.94. The molecule has 1 aliphatic rings. The largest absolute Gasteiger partial charge is 0.347 e. The molecule has 0 aromatic heterocycles. The van der Waals surface area contributed by atoms with Crippen LogP contribution in [0.3, 0.4) is 0 Å². The van der Waals surface area contributed by atoms with Crippen molar-refractivity contribution in [3.05, 3.63) is 50.0 Å². The topological polar surface area (TPSA) is 12.0 Å². The molecule has 0 radical (unpaired) electrons. The fourth-order valence-corrected chi connectivity index (χ4v) is 7.69. The van der Waals surface area contributed by atoms with E-state index in [-0.39, 0.29) is 0 Å². The first kappa shape index (κ1) is 21.6. The van der Waals surface area contributed by atoms with Crippen LogP contribution in [0.1, 0.15) is 78.4 Å². The maximum absolute atomic E-state index is 4.08. The summed E-state index contributed by atoms with van der Waals surface area (Å²) in [5.74, 6) is 0.978. The van der Waals surface area contributed by atoms with Gasteiger partial charge in [0.15, 0.2) is 0 Å². The van der Waals surface area contributed by atoms with Crippen LogP contribution in [0.5, 0.6) is 0 Å². The van der Waals surface area contributed by atoms with Crippen molar-refractivity contribution in [3.8, 4) is 0 Å². The van der Waals surface area contributed by atoms with Gasteiger partial charge < -0.3 is 4.72 Å². The molecular formula is C23H36BrNS. The predicted molar refractivity (Wildman–Crippen MR) is 126 cm³/mol. The molecule has 1 nitrogen and oxygen atoms in total. The lowest BCUT2D eigenvalue weighted by Gasteiger charge is -2.43. The van der Waals surface area contributed by atoms with Crippen LogP contribution in [-0.2, 0) is 0 Å². The van der Waals surface area contributed by atoms with E-state index in [9.17, 15) is 0 Å². The summed E-state index contributed by atoms with van der Waals surface area (Å²) in [4.78, 5) is 0. The summed E-state index contributed by atoms with van der Waals surface area (Å²) >= 11 is 3.73. The molecule has 0 unspecified atom stereocenters. The van der Waals surface area contributed by atoms with Crippen molar-refractivity contribution < 1.29 is 0 Å². The van der Waals surface area contributed by atoms with Gasteiger partial charge >= 0.3 is 0 Å². The molecule has 2 rings (SSSR count). The second kappa shape index (κ2) is 7.75. The van der Waals surface area contributed by atoms with E-state index in [1.165, 1.54) is 32.4 Å². The molecular weight excluding hydrogens is 402 g/mol. The minimum absolute atomic E-state index is 0.489. The molecule has 1 N–H and O–H groups in total. The van der Waals surface area contributed by atoms with Crippen LogP contribution in [0, 0.1) is 0 Å². The average Bonchev–Trinajstić information content (AvgIpc) is 2.72. The van der Waals surface area contributed by atoms with Gasteiger partial charge in [-0.25, -0.2) is 0 Å². The van der Waals surface area contributed by atoms with E-state index >= 15 is 0 Å². The lowest BCUT2D eigenvalue weighted by Crippen LogP contribution is -2.25. The van der Waals surface area contributed by atoms with Crippen LogP contribution in [0.25, 0.3) is 0 Å². The van der Waals surface area contributed by atoms with Crippen LogP contribution in [-0.4, -0.2) is 17.8 Å². The summed E-state index contributed by atoms with van der Waals surface area (Å²) in [7, 11) is -1.08. The van der Waals surface area contributed by atoms with Crippen LogP contribution in [0.2, 0.25) is 0 Å². The number of nitrogens with one attached hydrogen (secondary N) is 1. The molecule has 0 amide bonds. The standard InChI is InChI=1S/C23H36BrNS/c1-13(2)20-11-19(24)12-21(14(3)4)22(20)25-26(9,10)23-17(7)15(5)16(6)18(23)8/h11-14,23,25H,1-10H3. The lowest BCUT2D eigenvalue weighted by atomic mass is 9.93. The van der Waals surface area contributed by atoms with Gasteiger partial charge in [-0.1, -0.05) is 54.8 Å². The Labute approximate surface area is 171 Å². The number of allylic oxidation sites excluding steroid dienone is 2. The Kier molecular flexibility index (Phi) is 6.45.